The lowest BCUT2D eigenvalue weighted by molar-refractivity contribution is 0.935. The molecule has 0 heteroatoms. The number of hydrogen-bond donors (Lipinski definition) is 0. The summed E-state index contributed by atoms with van der Waals surface area (Å²) in [6, 6.07) is 0. The van der Waals surface area contributed by atoms with Gasteiger partial charge in [0.2, 0.25) is 0 Å². The second-order valence-corrected chi connectivity index (χ2v) is 2.23. The molecule has 0 aromatic rings. The fourth-order valence-corrected chi connectivity index (χ4v) is 0.718. The highest BCUT2D eigenvalue weighted by molar-refractivity contribution is 5.21. The number of hydrogen-bond acceptors (Lipinski definition) is 0. The molecule has 0 aromatic carbocycles. The Bertz CT molecular complexity index is 166. The quantitative estimate of drug-likeness (QED) is 0.416. The van der Waals surface area contributed by atoms with Crippen LogP contribution in [0.2, 0.25) is 0 Å². The maximum atomic E-state index is 3.82. The summed E-state index contributed by atoms with van der Waals surface area (Å²) in [5.41, 5.74) is 5.67. The third-order valence-electron chi connectivity index (χ3n) is 1.34. The molecule has 0 fully saturated rings. The van der Waals surface area contributed by atoms with Crippen LogP contribution in [0.5, 0.6) is 0 Å². The molecule has 1 rings (SSSR count). The van der Waals surface area contributed by atoms with Crippen LogP contribution in [-0.2, 0) is 0 Å². The maximum Gasteiger partial charge on any atom is -0.0174 e. The Kier molecular flexibility index (Phi) is 1.36. The molecule has 0 unspecified atom stereocenters. The van der Waals surface area contributed by atoms with E-state index in [4.69, 9.17) is 0 Å². The predicted molar refractivity (Wildman–Crippen MR) is 35.6 cm³/mol. The predicted octanol–water partition coefficient (Wildman–Crippen LogP) is 2.44. The lowest BCUT2D eigenvalue weighted by Crippen LogP contribution is -1.83. The zero-order valence-electron chi connectivity index (χ0n) is 5.20. The highest BCUT2D eigenvalue weighted by Gasteiger charge is 1.95. The summed E-state index contributed by atoms with van der Waals surface area (Å²) in [5, 5.41) is 0. The van der Waals surface area contributed by atoms with Crippen molar-refractivity contribution in [1.82, 2.24) is 0 Å². The number of allylic oxidation sites excluding steroid dienone is 2. The fraction of sp³-hybridized carbons (Fsp3) is 0.375. The summed E-state index contributed by atoms with van der Waals surface area (Å²) in [6.07, 6.45) is 4.24. The van der Waals surface area contributed by atoms with Crippen molar-refractivity contribution in [2.75, 3.05) is 0 Å². The van der Waals surface area contributed by atoms with E-state index < -0.39 is 0 Å². The molecule has 0 saturated heterocycles. The van der Waals surface area contributed by atoms with Crippen molar-refractivity contribution in [3.8, 4) is 0 Å². The molecule has 0 aromatic heterocycles. The number of rotatable bonds is 0. The molecule has 0 nitrogen and oxygen atoms in total. The molecule has 0 amide bonds. The summed E-state index contributed by atoms with van der Waals surface area (Å²) in [4.78, 5) is 0. The minimum Gasteiger partial charge on any atom is -0.122 e. The van der Waals surface area contributed by atoms with E-state index in [0.717, 1.165) is 12.8 Å². The van der Waals surface area contributed by atoms with Gasteiger partial charge in [-0.05, 0) is 37.0 Å². The van der Waals surface area contributed by atoms with Crippen LogP contribution in [0.15, 0.2) is 29.5 Å². The Balaban J connectivity index is 2.84. The summed E-state index contributed by atoms with van der Waals surface area (Å²) in [5.74, 6) is 0. The van der Waals surface area contributed by atoms with E-state index in [9.17, 15) is 0 Å². The van der Waals surface area contributed by atoms with Gasteiger partial charge in [0.15, 0.2) is 0 Å². The average molecular weight is 106 g/mol. The Morgan fingerprint density at radius 2 is 2.38 bits per heavy atom. The molecular weight excluding hydrogens is 96.1 g/mol. The highest BCUT2D eigenvalue weighted by Crippen LogP contribution is 2.13. The summed E-state index contributed by atoms with van der Waals surface area (Å²) in [7, 11) is 0. The van der Waals surface area contributed by atoms with Gasteiger partial charge in [0.1, 0.15) is 0 Å². The Morgan fingerprint density at radius 3 is 2.75 bits per heavy atom. The van der Waals surface area contributed by atoms with Crippen LogP contribution in [-0.4, -0.2) is 0 Å². The first-order valence-corrected chi connectivity index (χ1v) is 2.89. The van der Waals surface area contributed by atoms with E-state index >= 15 is 0 Å². The summed E-state index contributed by atoms with van der Waals surface area (Å²) < 4.78 is 0. The first-order valence-electron chi connectivity index (χ1n) is 2.89. The Hall–Kier alpha value is -0.740. The third kappa shape index (κ3) is 1.11. The van der Waals surface area contributed by atoms with Crippen molar-refractivity contribution in [2.45, 2.75) is 19.8 Å². The van der Waals surface area contributed by atoms with Crippen molar-refractivity contribution >= 4 is 0 Å². The molecule has 0 N–H and O–H groups in total. The zero-order valence-corrected chi connectivity index (χ0v) is 5.20. The second kappa shape index (κ2) is 2.02. The molecular formula is C8H10. The van der Waals surface area contributed by atoms with E-state index in [1.165, 1.54) is 11.1 Å². The molecule has 42 valence electrons. The molecule has 1 aliphatic rings. The Morgan fingerprint density at radius 1 is 1.62 bits per heavy atom. The summed E-state index contributed by atoms with van der Waals surface area (Å²) >= 11 is 0. The third-order valence-corrected chi connectivity index (χ3v) is 1.34. The molecule has 1 aliphatic carbocycles. The van der Waals surface area contributed by atoms with Gasteiger partial charge in [-0.25, -0.2) is 0 Å². The smallest absolute Gasteiger partial charge is 0.0174 e. The summed E-state index contributed by atoms with van der Waals surface area (Å²) in [6.45, 7) is 5.92. The van der Waals surface area contributed by atoms with Gasteiger partial charge in [0.05, 0.1) is 0 Å². The normalized spacial score (nSPS) is 18.6. The standard InChI is InChI=1S/C8H10/c1-7-3-5-8(2)6-4-7/h3H,1,4,6H2,2H3. The van der Waals surface area contributed by atoms with E-state index in [1.807, 2.05) is 6.08 Å². The van der Waals surface area contributed by atoms with Gasteiger partial charge in [-0.15, -0.1) is 5.73 Å². The lowest BCUT2D eigenvalue weighted by atomic mass is 10.0. The van der Waals surface area contributed by atoms with Crippen molar-refractivity contribution in [2.24, 2.45) is 0 Å². The van der Waals surface area contributed by atoms with Crippen LogP contribution in [0.4, 0.5) is 0 Å². The van der Waals surface area contributed by atoms with Crippen molar-refractivity contribution < 1.29 is 0 Å². The molecule has 8 heavy (non-hydrogen) atoms. The van der Waals surface area contributed by atoms with Gasteiger partial charge < -0.3 is 0 Å². The van der Waals surface area contributed by atoms with Crippen LogP contribution < -0.4 is 0 Å². The van der Waals surface area contributed by atoms with E-state index in [-0.39, 0.29) is 0 Å². The minimum atomic E-state index is 1.12. The fourth-order valence-electron chi connectivity index (χ4n) is 0.718. The highest BCUT2D eigenvalue weighted by atomic mass is 14.0. The largest absolute Gasteiger partial charge is 0.122 e. The molecule has 0 radical (unpaired) electrons. The first kappa shape index (κ1) is 5.40. The van der Waals surface area contributed by atoms with Gasteiger partial charge in [0.25, 0.3) is 0 Å². The van der Waals surface area contributed by atoms with Gasteiger partial charge in [0, 0.05) is 0 Å². The zero-order chi connectivity index (χ0) is 5.98. The van der Waals surface area contributed by atoms with Crippen molar-refractivity contribution in [3.05, 3.63) is 29.5 Å². The maximum absolute atomic E-state index is 3.82. The van der Waals surface area contributed by atoms with Crippen LogP contribution >= 0.6 is 0 Å². The molecule has 0 saturated carbocycles. The average Bonchev–Trinajstić information content (AvgIpc) is 1.77. The van der Waals surface area contributed by atoms with Crippen LogP contribution in [0.3, 0.4) is 0 Å². The van der Waals surface area contributed by atoms with Gasteiger partial charge in [-0.3, -0.25) is 0 Å². The molecule has 0 aliphatic heterocycles. The lowest BCUT2D eigenvalue weighted by Gasteiger charge is -2.02. The van der Waals surface area contributed by atoms with Crippen LogP contribution in [0.25, 0.3) is 0 Å². The van der Waals surface area contributed by atoms with Gasteiger partial charge in [-0.2, -0.15) is 0 Å². The van der Waals surface area contributed by atoms with Crippen molar-refractivity contribution in [1.29, 1.82) is 0 Å². The van der Waals surface area contributed by atoms with E-state index in [1.54, 1.807) is 0 Å². The second-order valence-electron chi connectivity index (χ2n) is 2.23. The first-order chi connectivity index (χ1) is 3.79. The van der Waals surface area contributed by atoms with Crippen LogP contribution in [0, 0.1) is 0 Å². The monoisotopic (exact) mass is 106 g/mol. The minimum absolute atomic E-state index is 1.12. The van der Waals surface area contributed by atoms with Crippen molar-refractivity contribution in [3.63, 3.8) is 0 Å². The Labute approximate surface area is 50.2 Å². The van der Waals surface area contributed by atoms with Crippen LogP contribution in [0.1, 0.15) is 19.8 Å². The van der Waals surface area contributed by atoms with E-state index in [0.29, 0.717) is 0 Å². The molecule has 0 atom stereocenters. The molecule has 0 bridgehead atoms. The van der Waals surface area contributed by atoms with Gasteiger partial charge in [-0.1, -0.05) is 6.58 Å². The SMILES string of the molecule is C=C1C=C=C(C)CC1. The molecule has 0 spiro atoms. The topological polar surface area (TPSA) is 0 Å². The van der Waals surface area contributed by atoms with Gasteiger partial charge >= 0.3 is 0 Å². The van der Waals surface area contributed by atoms with E-state index in [2.05, 4.69) is 19.2 Å². The molecule has 0 heterocycles.